The fourth-order valence-electron chi connectivity index (χ4n) is 4.17. The second-order valence-corrected chi connectivity index (χ2v) is 10.8. The molecule has 1 unspecified atom stereocenters. The third kappa shape index (κ3) is 11.5. The normalized spacial score (nSPS) is 13.6. The number of hydrogen-bond acceptors (Lipinski definition) is 5. The van der Waals surface area contributed by atoms with Crippen LogP contribution in [0.3, 0.4) is 0 Å². The third-order valence-corrected chi connectivity index (χ3v) is 6.21. The fraction of sp³-hybridized carbons (Fsp3) is 0.567. The van der Waals surface area contributed by atoms with Gasteiger partial charge in [0.15, 0.2) is 0 Å². The van der Waals surface area contributed by atoms with Crippen LogP contribution in [0.4, 0.5) is 18.0 Å². The van der Waals surface area contributed by atoms with Crippen LogP contribution in [0.2, 0.25) is 0 Å². The fourth-order valence-corrected chi connectivity index (χ4v) is 4.17. The molecule has 2 aromatic carbocycles. The number of alkyl halides is 3. The highest BCUT2D eigenvalue weighted by atomic mass is 19.4. The van der Waals surface area contributed by atoms with Gasteiger partial charge in [-0.15, -0.1) is 0 Å². The van der Waals surface area contributed by atoms with Gasteiger partial charge in [-0.3, -0.25) is 0 Å². The lowest BCUT2D eigenvalue weighted by Gasteiger charge is -2.34. The maximum absolute atomic E-state index is 13.9. The molecule has 39 heavy (non-hydrogen) atoms. The van der Waals surface area contributed by atoms with Gasteiger partial charge < -0.3 is 24.3 Å². The number of hydrogen-bond donors (Lipinski definition) is 1. The van der Waals surface area contributed by atoms with E-state index >= 15 is 0 Å². The number of ether oxygens (including phenoxy) is 4. The molecular weight excluding hydrogens is 511 g/mol. The molecule has 0 heterocycles. The first-order valence-electron chi connectivity index (χ1n) is 13.2. The van der Waals surface area contributed by atoms with E-state index in [1.165, 1.54) is 13.2 Å². The van der Waals surface area contributed by atoms with E-state index in [2.05, 4.69) is 11.4 Å². The predicted molar refractivity (Wildman–Crippen MR) is 145 cm³/mol. The van der Waals surface area contributed by atoms with Crippen molar-refractivity contribution in [3.63, 3.8) is 0 Å². The van der Waals surface area contributed by atoms with Crippen LogP contribution in [0, 0.1) is 6.92 Å². The number of nitrogens with one attached hydrogen (secondary N) is 1. The van der Waals surface area contributed by atoms with Crippen LogP contribution in [-0.2, 0) is 33.2 Å². The molecule has 2 aromatic rings. The van der Waals surface area contributed by atoms with E-state index in [0.717, 1.165) is 23.6 Å². The maximum Gasteiger partial charge on any atom is 0.419 e. The van der Waals surface area contributed by atoms with E-state index in [0.29, 0.717) is 24.8 Å². The summed E-state index contributed by atoms with van der Waals surface area (Å²) in [5, 5.41) is 2.88. The first kappa shape index (κ1) is 32.4. The average Bonchev–Trinajstić information content (AvgIpc) is 2.84. The van der Waals surface area contributed by atoms with Crippen molar-refractivity contribution in [2.45, 2.75) is 84.0 Å². The summed E-state index contributed by atoms with van der Waals surface area (Å²) in [5.41, 5.74) is 0.373. The van der Waals surface area contributed by atoms with Gasteiger partial charge >= 0.3 is 12.3 Å². The van der Waals surface area contributed by atoms with Crippen molar-refractivity contribution in [1.82, 2.24) is 5.32 Å². The number of halogens is 3. The molecule has 9 heteroatoms. The van der Waals surface area contributed by atoms with Crippen molar-refractivity contribution in [2.24, 2.45) is 0 Å². The number of carbonyl (C=O) groups is 1. The van der Waals surface area contributed by atoms with Gasteiger partial charge in [0.1, 0.15) is 18.1 Å². The Hall–Kier alpha value is -2.78. The van der Waals surface area contributed by atoms with E-state index in [1.807, 2.05) is 32.0 Å². The summed E-state index contributed by atoms with van der Waals surface area (Å²) in [5.74, 6) is -0.187. The van der Waals surface area contributed by atoms with Gasteiger partial charge in [-0.2, -0.15) is 13.2 Å². The SMILES string of the molecule is CCC(CCc1ccc(OCCCc2cccc(C)c2)c(C(F)(F)F)c1)(COCOC)NC(=O)OC(C)(C)C. The highest BCUT2D eigenvalue weighted by Gasteiger charge is 2.36. The van der Waals surface area contributed by atoms with Crippen LogP contribution in [0.1, 0.15) is 69.2 Å². The summed E-state index contributed by atoms with van der Waals surface area (Å²) >= 11 is 0. The van der Waals surface area contributed by atoms with E-state index in [-0.39, 0.29) is 32.2 Å². The van der Waals surface area contributed by atoms with Crippen LogP contribution < -0.4 is 10.1 Å². The molecule has 2 rings (SSSR count). The van der Waals surface area contributed by atoms with Gasteiger partial charge in [0.2, 0.25) is 0 Å². The molecule has 0 aliphatic carbocycles. The molecule has 0 saturated carbocycles. The second kappa shape index (κ2) is 14.6. The van der Waals surface area contributed by atoms with Crippen LogP contribution >= 0.6 is 0 Å². The lowest BCUT2D eigenvalue weighted by molar-refractivity contribution is -0.139. The zero-order chi connectivity index (χ0) is 29.1. The van der Waals surface area contributed by atoms with Crippen LogP contribution in [0.15, 0.2) is 42.5 Å². The number of carbonyl (C=O) groups excluding carboxylic acids is 1. The standard InChI is InChI=1S/C30H42F3NO5/c1-7-29(20-37-21-36-6,34-27(35)39-28(3,4)5)16-15-24-13-14-26(25(19-24)30(31,32)33)38-17-9-12-23-11-8-10-22(2)18-23/h8,10-11,13-14,18-19H,7,9,12,15-17,20-21H2,1-6H3,(H,34,35). The number of methoxy groups -OCH3 is 1. The molecule has 0 aromatic heterocycles. The Labute approximate surface area is 230 Å². The molecule has 0 radical (unpaired) electrons. The first-order chi connectivity index (χ1) is 18.3. The van der Waals surface area contributed by atoms with E-state index < -0.39 is 29.0 Å². The van der Waals surface area contributed by atoms with E-state index in [1.54, 1.807) is 26.8 Å². The number of rotatable bonds is 14. The summed E-state index contributed by atoms with van der Waals surface area (Å²) in [6.07, 6.45) is -2.78. The summed E-state index contributed by atoms with van der Waals surface area (Å²) in [6.45, 7) is 9.46. The number of amides is 1. The Morgan fingerprint density at radius 3 is 2.33 bits per heavy atom. The van der Waals surface area contributed by atoms with Crippen molar-refractivity contribution in [1.29, 1.82) is 0 Å². The zero-order valence-electron chi connectivity index (χ0n) is 23.9. The Morgan fingerprint density at radius 2 is 1.72 bits per heavy atom. The Kier molecular flexibility index (Phi) is 12.1. The monoisotopic (exact) mass is 553 g/mol. The maximum atomic E-state index is 13.9. The van der Waals surface area contributed by atoms with E-state index in [4.69, 9.17) is 18.9 Å². The van der Waals surface area contributed by atoms with Crippen molar-refractivity contribution < 1.29 is 36.9 Å². The Morgan fingerprint density at radius 1 is 1.00 bits per heavy atom. The molecule has 0 fully saturated rings. The van der Waals surface area contributed by atoms with Gasteiger partial charge in [0.05, 0.1) is 24.3 Å². The lowest BCUT2D eigenvalue weighted by atomic mass is 9.89. The Balaban J connectivity index is 2.12. The minimum atomic E-state index is -4.57. The summed E-state index contributed by atoms with van der Waals surface area (Å²) < 4.78 is 63.3. The molecule has 218 valence electrons. The highest BCUT2D eigenvalue weighted by Crippen LogP contribution is 2.37. The highest BCUT2D eigenvalue weighted by molar-refractivity contribution is 5.68. The average molecular weight is 554 g/mol. The van der Waals surface area contributed by atoms with Crippen molar-refractivity contribution >= 4 is 6.09 Å². The van der Waals surface area contributed by atoms with E-state index in [9.17, 15) is 18.0 Å². The minimum absolute atomic E-state index is 0.0197. The Bertz CT molecular complexity index is 1050. The van der Waals surface area contributed by atoms with Crippen molar-refractivity contribution in [3.05, 3.63) is 64.7 Å². The largest absolute Gasteiger partial charge is 0.493 e. The molecule has 0 spiro atoms. The van der Waals surface area contributed by atoms with Crippen LogP contribution in [-0.4, -0.2) is 44.3 Å². The second-order valence-electron chi connectivity index (χ2n) is 10.8. The summed E-state index contributed by atoms with van der Waals surface area (Å²) in [6, 6.07) is 12.2. The molecule has 6 nitrogen and oxygen atoms in total. The predicted octanol–water partition coefficient (Wildman–Crippen LogP) is 7.25. The van der Waals surface area contributed by atoms with Gasteiger partial charge in [-0.1, -0.05) is 42.8 Å². The minimum Gasteiger partial charge on any atom is -0.493 e. The summed E-state index contributed by atoms with van der Waals surface area (Å²) in [7, 11) is 1.49. The molecule has 0 aliphatic heterocycles. The van der Waals surface area contributed by atoms with Crippen LogP contribution in [0.5, 0.6) is 5.75 Å². The topological polar surface area (TPSA) is 66.0 Å². The van der Waals surface area contributed by atoms with Crippen molar-refractivity contribution in [3.8, 4) is 5.75 Å². The molecule has 0 bridgehead atoms. The van der Waals surface area contributed by atoms with Gasteiger partial charge in [0, 0.05) is 7.11 Å². The molecule has 0 aliphatic rings. The van der Waals surface area contributed by atoms with Gasteiger partial charge in [-0.25, -0.2) is 4.79 Å². The third-order valence-electron chi connectivity index (χ3n) is 6.21. The van der Waals surface area contributed by atoms with Gasteiger partial charge in [0.25, 0.3) is 0 Å². The molecule has 1 atom stereocenters. The molecule has 0 saturated heterocycles. The van der Waals surface area contributed by atoms with Gasteiger partial charge in [-0.05, 0) is 83.1 Å². The molecular formula is C30H42F3NO5. The number of benzene rings is 2. The first-order valence-corrected chi connectivity index (χ1v) is 13.2. The summed E-state index contributed by atoms with van der Waals surface area (Å²) in [4.78, 5) is 12.6. The quantitative estimate of drug-likeness (QED) is 0.197. The van der Waals surface area contributed by atoms with Crippen molar-refractivity contribution in [2.75, 3.05) is 27.1 Å². The lowest BCUT2D eigenvalue weighted by Crippen LogP contribution is -2.53. The zero-order valence-corrected chi connectivity index (χ0v) is 23.9. The molecule has 1 N–H and O–H groups in total. The molecule has 1 amide bonds. The van der Waals surface area contributed by atoms with Crippen LogP contribution in [0.25, 0.3) is 0 Å². The smallest absolute Gasteiger partial charge is 0.419 e. The number of alkyl carbamates (subject to hydrolysis) is 1. The number of aryl methyl sites for hydroxylation is 3.